The molecule has 0 radical (unpaired) electrons. The molecule has 0 aromatic heterocycles. The van der Waals surface area contributed by atoms with Crippen molar-refractivity contribution in [3.8, 4) is 5.75 Å². The molecular weight excluding hydrogens is 254 g/mol. The molecule has 2 aliphatic rings. The van der Waals surface area contributed by atoms with Gasteiger partial charge in [0.25, 0.3) is 5.91 Å². The minimum atomic E-state index is -0.115. The predicted molar refractivity (Wildman–Crippen MR) is 68.4 cm³/mol. The van der Waals surface area contributed by atoms with E-state index in [4.69, 9.17) is 21.1 Å². The third-order valence-corrected chi connectivity index (χ3v) is 3.74. The van der Waals surface area contributed by atoms with Crippen molar-refractivity contribution in [2.24, 2.45) is 0 Å². The van der Waals surface area contributed by atoms with Crippen molar-refractivity contribution in [3.05, 3.63) is 23.8 Å². The van der Waals surface area contributed by atoms with Crippen LogP contribution in [-0.4, -0.2) is 31.6 Å². The van der Waals surface area contributed by atoms with E-state index >= 15 is 0 Å². The first-order chi connectivity index (χ1) is 8.73. The lowest BCUT2D eigenvalue weighted by Crippen LogP contribution is -2.47. The first-order valence-corrected chi connectivity index (χ1v) is 6.48. The van der Waals surface area contributed by atoms with Crippen LogP contribution in [0.2, 0.25) is 0 Å². The summed E-state index contributed by atoms with van der Waals surface area (Å²) in [4.78, 5) is 11.3. The third kappa shape index (κ3) is 1.85. The number of fused-ring (bicyclic) bond motifs is 1. The summed E-state index contributed by atoms with van der Waals surface area (Å²) in [7, 11) is 0. The average Bonchev–Trinajstić information content (AvgIpc) is 2.33. The van der Waals surface area contributed by atoms with Gasteiger partial charge in [-0.2, -0.15) is 0 Å². The molecule has 0 bridgehead atoms. The molecule has 1 aromatic rings. The van der Waals surface area contributed by atoms with Crippen molar-refractivity contribution in [3.63, 3.8) is 0 Å². The highest BCUT2D eigenvalue weighted by molar-refractivity contribution is 6.17. The Labute approximate surface area is 110 Å². The second-order valence-electron chi connectivity index (χ2n) is 4.76. The Hall–Kier alpha value is -1.26. The zero-order valence-corrected chi connectivity index (χ0v) is 10.6. The van der Waals surface area contributed by atoms with E-state index in [2.05, 4.69) is 5.32 Å². The van der Waals surface area contributed by atoms with Crippen molar-refractivity contribution in [1.82, 2.24) is 0 Å². The van der Waals surface area contributed by atoms with Crippen molar-refractivity contribution < 1.29 is 14.3 Å². The van der Waals surface area contributed by atoms with Gasteiger partial charge in [-0.05, 0) is 24.1 Å². The molecule has 0 unspecified atom stereocenters. The third-order valence-electron chi connectivity index (χ3n) is 3.55. The molecule has 2 heterocycles. The normalized spacial score (nSPS) is 20.4. The molecule has 1 amide bonds. The quantitative estimate of drug-likeness (QED) is 0.851. The van der Waals surface area contributed by atoms with E-state index < -0.39 is 0 Å². The zero-order chi connectivity index (χ0) is 12.6. The number of hydrogen-bond acceptors (Lipinski definition) is 3. The highest BCUT2D eigenvalue weighted by atomic mass is 35.5. The van der Waals surface area contributed by atoms with Gasteiger partial charge in [0.1, 0.15) is 5.75 Å². The van der Waals surface area contributed by atoms with Crippen LogP contribution in [0.5, 0.6) is 5.75 Å². The summed E-state index contributed by atoms with van der Waals surface area (Å²) >= 11 is 5.87. The summed E-state index contributed by atoms with van der Waals surface area (Å²) in [5, 5.41) is 2.82. The summed E-state index contributed by atoms with van der Waals surface area (Å²) in [6.07, 6.45) is 0.877. The number of halogens is 1. The molecule has 0 atom stereocenters. The molecule has 0 aliphatic carbocycles. The minimum Gasteiger partial charge on any atom is -0.482 e. The number of hydrogen-bond donors (Lipinski definition) is 1. The molecule has 5 heteroatoms. The summed E-state index contributed by atoms with van der Waals surface area (Å²) in [5.41, 5.74) is 1.89. The molecule has 96 valence electrons. The van der Waals surface area contributed by atoms with Crippen LogP contribution in [0.25, 0.3) is 0 Å². The van der Waals surface area contributed by atoms with Gasteiger partial charge in [0.15, 0.2) is 6.61 Å². The first-order valence-electron chi connectivity index (χ1n) is 5.94. The fourth-order valence-electron chi connectivity index (χ4n) is 2.40. The summed E-state index contributed by atoms with van der Waals surface area (Å²) < 4.78 is 10.7. The monoisotopic (exact) mass is 267 g/mol. The lowest BCUT2D eigenvalue weighted by Gasteiger charge is -2.42. The molecule has 1 fully saturated rings. The number of anilines is 1. The van der Waals surface area contributed by atoms with Crippen LogP contribution >= 0.6 is 11.6 Å². The molecule has 4 nitrogen and oxygen atoms in total. The number of carbonyl (C=O) groups excluding carboxylic acids is 1. The second kappa shape index (κ2) is 4.44. The van der Waals surface area contributed by atoms with E-state index in [9.17, 15) is 4.79 Å². The first kappa shape index (κ1) is 11.8. The number of ether oxygens (including phenoxy) is 2. The van der Waals surface area contributed by atoms with Crippen molar-refractivity contribution >= 4 is 23.2 Å². The highest BCUT2D eigenvalue weighted by Gasteiger charge is 2.40. The van der Waals surface area contributed by atoms with Gasteiger partial charge in [0.05, 0.1) is 18.9 Å². The summed E-state index contributed by atoms with van der Waals surface area (Å²) in [6, 6.07) is 5.91. The van der Waals surface area contributed by atoms with E-state index in [1.165, 1.54) is 0 Å². The van der Waals surface area contributed by atoms with Gasteiger partial charge in [-0.1, -0.05) is 6.07 Å². The van der Waals surface area contributed by atoms with Gasteiger partial charge in [-0.3, -0.25) is 4.79 Å². The van der Waals surface area contributed by atoms with Gasteiger partial charge >= 0.3 is 0 Å². The Bertz CT molecular complexity index is 485. The van der Waals surface area contributed by atoms with Crippen molar-refractivity contribution in [2.75, 3.05) is 31.0 Å². The Kier molecular flexibility index (Phi) is 2.92. The number of nitrogens with one attached hydrogen (secondary N) is 1. The second-order valence-corrected chi connectivity index (χ2v) is 5.14. The molecule has 18 heavy (non-hydrogen) atoms. The lowest BCUT2D eigenvalue weighted by atomic mass is 9.76. The average molecular weight is 268 g/mol. The smallest absolute Gasteiger partial charge is 0.262 e. The van der Waals surface area contributed by atoms with Gasteiger partial charge in [-0.15, -0.1) is 11.6 Å². The Balaban J connectivity index is 1.93. The van der Waals surface area contributed by atoms with Crippen LogP contribution < -0.4 is 10.1 Å². The van der Waals surface area contributed by atoms with Crippen molar-refractivity contribution in [2.45, 2.75) is 11.8 Å². The maximum Gasteiger partial charge on any atom is 0.262 e. The fourth-order valence-corrected chi connectivity index (χ4v) is 2.76. The number of rotatable bonds is 3. The van der Waals surface area contributed by atoms with Crippen LogP contribution in [0.15, 0.2) is 18.2 Å². The Morgan fingerprint density at radius 3 is 2.89 bits per heavy atom. The molecule has 0 spiro atoms. The fraction of sp³-hybridized carbons (Fsp3) is 0.462. The van der Waals surface area contributed by atoms with E-state index in [1.54, 1.807) is 0 Å². The molecule has 2 aliphatic heterocycles. The summed E-state index contributed by atoms with van der Waals surface area (Å²) in [6.45, 7) is 1.46. The summed E-state index contributed by atoms with van der Waals surface area (Å²) in [5.74, 6) is 1.21. The molecule has 0 saturated carbocycles. The Morgan fingerprint density at radius 2 is 2.22 bits per heavy atom. The number of amides is 1. The van der Waals surface area contributed by atoms with E-state index in [1.807, 2.05) is 18.2 Å². The molecule has 1 saturated heterocycles. The van der Waals surface area contributed by atoms with E-state index in [0.717, 1.165) is 23.4 Å². The maximum atomic E-state index is 11.3. The van der Waals surface area contributed by atoms with Crippen LogP contribution in [0.3, 0.4) is 0 Å². The van der Waals surface area contributed by atoms with Gasteiger partial charge in [0.2, 0.25) is 0 Å². The molecule has 1 N–H and O–H groups in total. The highest BCUT2D eigenvalue weighted by Crippen LogP contribution is 2.39. The van der Waals surface area contributed by atoms with Crippen LogP contribution in [0.1, 0.15) is 12.0 Å². The predicted octanol–water partition coefficient (Wildman–Crippen LogP) is 1.91. The lowest BCUT2D eigenvalue weighted by molar-refractivity contribution is -0.118. The van der Waals surface area contributed by atoms with Crippen LogP contribution in [-0.2, 0) is 14.9 Å². The standard InChI is InChI=1S/C13H14ClNO3/c14-4-3-13(7-17-8-13)9-1-2-11-10(5-9)15-12(16)6-18-11/h1-2,5H,3-4,6-8H2,(H,15,16). The van der Waals surface area contributed by atoms with Crippen molar-refractivity contribution in [1.29, 1.82) is 0 Å². The van der Waals surface area contributed by atoms with Gasteiger partial charge in [0, 0.05) is 11.3 Å². The number of carbonyl (C=O) groups is 1. The van der Waals surface area contributed by atoms with Crippen LogP contribution in [0, 0.1) is 0 Å². The van der Waals surface area contributed by atoms with E-state index in [-0.39, 0.29) is 17.9 Å². The van der Waals surface area contributed by atoms with Gasteiger partial charge in [-0.25, -0.2) is 0 Å². The Morgan fingerprint density at radius 1 is 1.39 bits per heavy atom. The van der Waals surface area contributed by atoms with E-state index in [0.29, 0.717) is 19.1 Å². The zero-order valence-electron chi connectivity index (χ0n) is 9.87. The topological polar surface area (TPSA) is 47.6 Å². The number of benzene rings is 1. The van der Waals surface area contributed by atoms with Crippen LogP contribution in [0.4, 0.5) is 5.69 Å². The molecule has 3 rings (SSSR count). The maximum absolute atomic E-state index is 11.3. The number of alkyl halides is 1. The van der Waals surface area contributed by atoms with Gasteiger partial charge < -0.3 is 14.8 Å². The SMILES string of the molecule is O=C1COc2ccc(C3(CCCl)COC3)cc2N1. The minimum absolute atomic E-state index is 0.00104. The molecular formula is C13H14ClNO3. The largest absolute Gasteiger partial charge is 0.482 e. The molecule has 1 aromatic carbocycles.